The molecule has 1 amide bonds. The molecule has 0 aliphatic rings. The van der Waals surface area contributed by atoms with Crippen molar-refractivity contribution in [1.82, 2.24) is 20.4 Å². The summed E-state index contributed by atoms with van der Waals surface area (Å²) in [4.78, 5) is 34.2. The summed E-state index contributed by atoms with van der Waals surface area (Å²) in [6, 6.07) is 6.10. The van der Waals surface area contributed by atoms with Crippen molar-refractivity contribution in [2.24, 2.45) is 0 Å². The van der Waals surface area contributed by atoms with Crippen LogP contribution in [0.1, 0.15) is 56.4 Å². The van der Waals surface area contributed by atoms with Gasteiger partial charge in [-0.1, -0.05) is 19.0 Å². The highest BCUT2D eigenvalue weighted by atomic mass is 16.5. The Morgan fingerprint density at radius 3 is 2.36 bits per heavy atom. The zero-order valence-electron chi connectivity index (χ0n) is 21.7. The van der Waals surface area contributed by atoms with E-state index in [1.54, 1.807) is 6.20 Å². The molecule has 0 spiro atoms. The number of aryl methyl sites for hydroxylation is 3. The summed E-state index contributed by atoms with van der Waals surface area (Å²) < 4.78 is 5.61. The van der Waals surface area contributed by atoms with Gasteiger partial charge >= 0.3 is 5.97 Å². The number of hydrogen-bond acceptors (Lipinski definition) is 7. The van der Waals surface area contributed by atoms with E-state index in [4.69, 9.17) is 14.6 Å². The normalized spacial score (nSPS) is 10.9. The number of carboxylic acid groups (broad SMARTS) is 1. The van der Waals surface area contributed by atoms with Crippen molar-refractivity contribution in [1.29, 1.82) is 0 Å². The van der Waals surface area contributed by atoms with Crippen LogP contribution in [0.2, 0.25) is 0 Å². The molecule has 3 rings (SSSR count). The summed E-state index contributed by atoms with van der Waals surface area (Å²) in [6.45, 7) is 11.8. The average Bonchev–Trinajstić information content (AvgIpc) is 3.37. The first-order valence-electron chi connectivity index (χ1n) is 12.5. The first-order valence-corrected chi connectivity index (χ1v) is 12.5. The van der Waals surface area contributed by atoms with Crippen LogP contribution in [-0.4, -0.2) is 51.7 Å². The van der Waals surface area contributed by atoms with E-state index in [0.29, 0.717) is 18.1 Å². The van der Waals surface area contributed by atoms with E-state index in [9.17, 15) is 9.59 Å². The molecular formula is C27H35N5O4. The molecule has 2 N–H and O–H groups in total. The van der Waals surface area contributed by atoms with Crippen LogP contribution in [0.15, 0.2) is 28.9 Å². The number of nitrogens with zero attached hydrogens (tertiary/aromatic N) is 4. The lowest BCUT2D eigenvalue weighted by Crippen LogP contribution is -2.29. The Morgan fingerprint density at radius 1 is 1.03 bits per heavy atom. The van der Waals surface area contributed by atoms with Gasteiger partial charge in [0.2, 0.25) is 11.7 Å². The van der Waals surface area contributed by atoms with Crippen LogP contribution in [0.25, 0.3) is 22.8 Å². The van der Waals surface area contributed by atoms with Crippen LogP contribution in [0.4, 0.5) is 5.82 Å². The number of aromatic nitrogens is 3. The second kappa shape index (κ2) is 12.3. The first-order chi connectivity index (χ1) is 17.3. The van der Waals surface area contributed by atoms with Crippen LogP contribution in [0.3, 0.4) is 0 Å². The predicted octanol–water partition coefficient (Wildman–Crippen LogP) is 4.21. The van der Waals surface area contributed by atoms with Crippen molar-refractivity contribution < 1.29 is 19.2 Å². The summed E-state index contributed by atoms with van der Waals surface area (Å²) in [5.41, 5.74) is 5.98. The monoisotopic (exact) mass is 493 g/mol. The summed E-state index contributed by atoms with van der Waals surface area (Å²) in [6.07, 6.45) is 4.17. The van der Waals surface area contributed by atoms with E-state index < -0.39 is 5.97 Å². The number of hydrogen-bond donors (Lipinski definition) is 2. The van der Waals surface area contributed by atoms with Gasteiger partial charge in [0, 0.05) is 31.3 Å². The maximum atomic E-state index is 12.0. The van der Waals surface area contributed by atoms with E-state index in [0.717, 1.165) is 65.1 Å². The molecule has 3 aromatic rings. The van der Waals surface area contributed by atoms with E-state index in [-0.39, 0.29) is 18.9 Å². The van der Waals surface area contributed by atoms with Gasteiger partial charge in [-0.3, -0.25) is 9.59 Å². The quantitative estimate of drug-likeness (QED) is 0.385. The van der Waals surface area contributed by atoms with Gasteiger partial charge in [-0.15, -0.1) is 0 Å². The minimum atomic E-state index is -1.06. The number of anilines is 1. The van der Waals surface area contributed by atoms with Crippen molar-refractivity contribution in [2.45, 2.75) is 60.3 Å². The molecular weight excluding hydrogens is 458 g/mol. The lowest BCUT2D eigenvalue weighted by atomic mass is 9.93. The number of amides is 1. The lowest BCUT2D eigenvalue weighted by Gasteiger charge is -2.22. The standard InChI is InChI=1S/C27H35N5O4/c1-6-18-13-20(12-17(5)22(18)10-11-23(33)28-16-24(34)35)25-30-27(36-31-25)21-14-19(7-2)26(29-15-21)32(8-3)9-4/h12-15H,6-11,16H2,1-5H3,(H,28,33)(H,34,35). The Hall–Kier alpha value is -3.75. The van der Waals surface area contributed by atoms with Crippen LogP contribution in [0, 0.1) is 6.92 Å². The molecule has 2 heterocycles. The van der Waals surface area contributed by atoms with Crippen molar-refractivity contribution >= 4 is 17.7 Å². The largest absolute Gasteiger partial charge is 0.480 e. The maximum Gasteiger partial charge on any atom is 0.322 e. The minimum absolute atomic E-state index is 0.225. The van der Waals surface area contributed by atoms with Crippen molar-refractivity contribution in [3.8, 4) is 22.8 Å². The third-order valence-corrected chi connectivity index (χ3v) is 6.30. The molecule has 2 aromatic heterocycles. The van der Waals surface area contributed by atoms with Gasteiger partial charge in [0.15, 0.2) is 0 Å². The molecule has 0 unspecified atom stereocenters. The Morgan fingerprint density at radius 2 is 1.72 bits per heavy atom. The van der Waals surface area contributed by atoms with Gasteiger partial charge in [-0.25, -0.2) is 4.98 Å². The van der Waals surface area contributed by atoms with E-state index in [1.807, 2.05) is 19.1 Å². The zero-order valence-corrected chi connectivity index (χ0v) is 21.7. The van der Waals surface area contributed by atoms with Gasteiger partial charge in [0.25, 0.3) is 5.89 Å². The molecule has 0 saturated heterocycles. The van der Waals surface area contributed by atoms with Crippen molar-refractivity contribution in [3.05, 3.63) is 46.6 Å². The zero-order chi connectivity index (χ0) is 26.2. The Kier molecular flexibility index (Phi) is 9.16. The average molecular weight is 494 g/mol. The molecule has 0 fully saturated rings. The molecule has 0 aliphatic carbocycles. The number of carboxylic acids is 1. The fraction of sp³-hybridized carbons (Fsp3) is 0.444. The Labute approximate surface area is 211 Å². The highest BCUT2D eigenvalue weighted by molar-refractivity contribution is 5.81. The summed E-state index contributed by atoms with van der Waals surface area (Å²) in [5.74, 6) is 0.575. The fourth-order valence-corrected chi connectivity index (χ4v) is 4.34. The number of carbonyl (C=O) groups is 2. The van der Waals surface area contributed by atoms with E-state index >= 15 is 0 Å². The molecule has 9 nitrogen and oxygen atoms in total. The molecule has 0 atom stereocenters. The number of nitrogens with one attached hydrogen (secondary N) is 1. The van der Waals surface area contributed by atoms with Crippen LogP contribution in [-0.2, 0) is 28.9 Å². The van der Waals surface area contributed by atoms with Crippen molar-refractivity contribution in [2.75, 3.05) is 24.5 Å². The Bertz CT molecular complexity index is 1220. The predicted molar refractivity (Wildman–Crippen MR) is 139 cm³/mol. The number of rotatable bonds is 12. The van der Waals surface area contributed by atoms with E-state index in [2.05, 4.69) is 54.1 Å². The molecule has 0 saturated carbocycles. The van der Waals surface area contributed by atoms with Crippen LogP contribution in [0.5, 0.6) is 0 Å². The third kappa shape index (κ3) is 6.27. The fourth-order valence-electron chi connectivity index (χ4n) is 4.34. The molecule has 192 valence electrons. The molecule has 9 heteroatoms. The topological polar surface area (TPSA) is 121 Å². The lowest BCUT2D eigenvalue weighted by molar-refractivity contribution is -0.137. The van der Waals surface area contributed by atoms with Crippen molar-refractivity contribution in [3.63, 3.8) is 0 Å². The van der Waals surface area contributed by atoms with Gasteiger partial charge in [0.1, 0.15) is 12.4 Å². The summed E-state index contributed by atoms with van der Waals surface area (Å²) in [5, 5.41) is 15.4. The van der Waals surface area contributed by atoms with E-state index in [1.165, 1.54) is 0 Å². The molecule has 1 aromatic carbocycles. The summed E-state index contributed by atoms with van der Waals surface area (Å²) >= 11 is 0. The molecule has 36 heavy (non-hydrogen) atoms. The molecule has 0 aliphatic heterocycles. The van der Waals surface area contributed by atoms with Gasteiger partial charge < -0.3 is 19.8 Å². The number of benzene rings is 1. The van der Waals surface area contributed by atoms with Crippen LogP contribution < -0.4 is 10.2 Å². The first kappa shape index (κ1) is 26.8. The summed E-state index contributed by atoms with van der Waals surface area (Å²) in [7, 11) is 0. The Balaban J connectivity index is 1.83. The second-order valence-electron chi connectivity index (χ2n) is 8.61. The third-order valence-electron chi connectivity index (χ3n) is 6.30. The second-order valence-corrected chi connectivity index (χ2v) is 8.61. The highest BCUT2D eigenvalue weighted by Gasteiger charge is 2.17. The number of pyridine rings is 1. The maximum absolute atomic E-state index is 12.0. The highest BCUT2D eigenvalue weighted by Crippen LogP contribution is 2.29. The number of aliphatic carboxylic acids is 1. The SMILES string of the molecule is CCc1cc(-c2nc(-c3cc(C)c(CCC(=O)NCC(=O)O)c(CC)c3)no2)cnc1N(CC)CC. The van der Waals surface area contributed by atoms with Crippen LogP contribution >= 0.6 is 0 Å². The minimum Gasteiger partial charge on any atom is -0.480 e. The van der Waals surface area contributed by atoms with Gasteiger partial charge in [-0.05, 0) is 80.5 Å². The number of carbonyl (C=O) groups excluding carboxylic acids is 1. The van der Waals surface area contributed by atoms with Gasteiger partial charge in [-0.2, -0.15) is 4.98 Å². The molecule has 0 radical (unpaired) electrons. The molecule has 0 bridgehead atoms. The van der Waals surface area contributed by atoms with Gasteiger partial charge in [0.05, 0.1) is 5.56 Å². The smallest absolute Gasteiger partial charge is 0.322 e.